The van der Waals surface area contributed by atoms with Crippen LogP contribution in [-0.2, 0) is 19.1 Å². The van der Waals surface area contributed by atoms with Crippen LogP contribution in [0.3, 0.4) is 0 Å². The first-order valence-corrected chi connectivity index (χ1v) is 10.5. The molecule has 152 valence electrons. The van der Waals surface area contributed by atoms with Crippen LogP contribution in [0.2, 0.25) is 0 Å². The maximum Gasteiger partial charge on any atom is 0.309 e. The van der Waals surface area contributed by atoms with Gasteiger partial charge in [0.1, 0.15) is 0 Å². The Morgan fingerprint density at radius 3 is 2.00 bits per heavy atom. The number of likely N-dealkylation sites (tertiary alicyclic amines) is 3. The van der Waals surface area contributed by atoms with Crippen molar-refractivity contribution in [2.24, 2.45) is 11.8 Å². The van der Waals surface area contributed by atoms with Gasteiger partial charge in [0.25, 0.3) is 0 Å². The maximum atomic E-state index is 12.6. The van der Waals surface area contributed by atoms with E-state index in [0.29, 0.717) is 45.0 Å². The molecule has 0 aliphatic carbocycles. The Balaban J connectivity index is 1.37. The third-order valence-electron chi connectivity index (χ3n) is 6.18. The Labute approximate surface area is 162 Å². The van der Waals surface area contributed by atoms with Gasteiger partial charge in [-0.1, -0.05) is 0 Å². The van der Waals surface area contributed by atoms with Crippen LogP contribution in [0.15, 0.2) is 0 Å². The average Bonchev–Trinajstić information content (AvgIpc) is 3.23. The highest BCUT2D eigenvalue weighted by Crippen LogP contribution is 2.23. The van der Waals surface area contributed by atoms with Crippen molar-refractivity contribution >= 4 is 17.8 Å². The summed E-state index contributed by atoms with van der Waals surface area (Å²) >= 11 is 0. The van der Waals surface area contributed by atoms with Crippen LogP contribution in [0.1, 0.15) is 45.4 Å². The molecular weight excluding hydrogens is 346 g/mol. The fraction of sp³-hybridized carbons (Fsp3) is 0.850. The van der Waals surface area contributed by atoms with Crippen LogP contribution in [0.25, 0.3) is 0 Å². The minimum Gasteiger partial charge on any atom is -0.466 e. The number of hydrogen-bond acceptors (Lipinski definition) is 5. The highest BCUT2D eigenvalue weighted by Gasteiger charge is 2.32. The Kier molecular flexibility index (Phi) is 7.10. The van der Waals surface area contributed by atoms with E-state index in [4.69, 9.17) is 4.74 Å². The van der Waals surface area contributed by atoms with Crippen molar-refractivity contribution in [2.75, 3.05) is 52.4 Å². The first-order chi connectivity index (χ1) is 13.1. The van der Waals surface area contributed by atoms with E-state index in [-0.39, 0.29) is 23.7 Å². The summed E-state index contributed by atoms with van der Waals surface area (Å²) in [6.07, 6.45) is 5.35. The van der Waals surface area contributed by atoms with Crippen molar-refractivity contribution in [3.05, 3.63) is 0 Å². The van der Waals surface area contributed by atoms with Crippen LogP contribution in [0.5, 0.6) is 0 Å². The molecule has 3 aliphatic rings. The summed E-state index contributed by atoms with van der Waals surface area (Å²) in [7, 11) is 0. The molecule has 0 aromatic carbocycles. The molecule has 0 saturated carbocycles. The second-order valence-corrected chi connectivity index (χ2v) is 7.99. The van der Waals surface area contributed by atoms with E-state index in [0.717, 1.165) is 51.9 Å². The first kappa shape index (κ1) is 20.1. The van der Waals surface area contributed by atoms with Crippen molar-refractivity contribution in [3.8, 4) is 0 Å². The van der Waals surface area contributed by atoms with E-state index in [2.05, 4.69) is 4.90 Å². The lowest BCUT2D eigenvalue weighted by Gasteiger charge is -2.35. The first-order valence-electron chi connectivity index (χ1n) is 10.5. The number of piperidine rings is 2. The van der Waals surface area contributed by atoms with Gasteiger partial charge in [0.05, 0.1) is 19.1 Å². The summed E-state index contributed by atoms with van der Waals surface area (Å²) in [5.41, 5.74) is 0. The molecule has 0 radical (unpaired) electrons. The monoisotopic (exact) mass is 379 g/mol. The second-order valence-electron chi connectivity index (χ2n) is 7.99. The Bertz CT molecular complexity index is 531. The second kappa shape index (κ2) is 9.53. The van der Waals surface area contributed by atoms with Crippen LogP contribution in [0, 0.1) is 11.8 Å². The molecule has 0 aromatic rings. The number of esters is 1. The zero-order valence-electron chi connectivity index (χ0n) is 16.5. The quantitative estimate of drug-likeness (QED) is 0.670. The Hall–Kier alpha value is -1.63. The molecule has 0 spiro atoms. The highest BCUT2D eigenvalue weighted by molar-refractivity contribution is 5.80. The lowest BCUT2D eigenvalue weighted by Crippen LogP contribution is -2.48. The summed E-state index contributed by atoms with van der Waals surface area (Å²) in [6, 6.07) is 0. The molecule has 27 heavy (non-hydrogen) atoms. The lowest BCUT2D eigenvalue weighted by atomic mass is 9.95. The molecule has 3 aliphatic heterocycles. The molecule has 0 atom stereocenters. The lowest BCUT2D eigenvalue weighted by molar-refractivity contribution is -0.151. The van der Waals surface area contributed by atoms with E-state index >= 15 is 0 Å². The van der Waals surface area contributed by atoms with Gasteiger partial charge in [-0.05, 0) is 58.5 Å². The standard InChI is InChI=1S/C20H33N3O4/c1-2-27-20(26)17-7-13-22(14-8-17)18(24)15-21-11-5-16(6-12-21)19(25)23-9-3-4-10-23/h16-17H,2-15H2,1H3. The molecule has 0 bridgehead atoms. The van der Waals surface area contributed by atoms with Crippen LogP contribution in [0.4, 0.5) is 0 Å². The fourth-order valence-electron chi connectivity index (χ4n) is 4.45. The van der Waals surface area contributed by atoms with Crippen molar-refractivity contribution in [2.45, 2.75) is 45.4 Å². The summed E-state index contributed by atoms with van der Waals surface area (Å²) in [4.78, 5) is 43.0. The van der Waals surface area contributed by atoms with Crippen molar-refractivity contribution < 1.29 is 19.1 Å². The van der Waals surface area contributed by atoms with Gasteiger partial charge in [-0.2, -0.15) is 0 Å². The molecule has 2 amide bonds. The summed E-state index contributed by atoms with van der Waals surface area (Å²) in [6.45, 7) is 7.38. The number of ether oxygens (including phenoxy) is 1. The predicted octanol–water partition coefficient (Wildman–Crippen LogP) is 1.12. The van der Waals surface area contributed by atoms with Gasteiger partial charge in [-0.15, -0.1) is 0 Å². The summed E-state index contributed by atoms with van der Waals surface area (Å²) in [5, 5.41) is 0. The molecule has 7 nitrogen and oxygen atoms in total. The number of nitrogens with zero attached hydrogens (tertiary/aromatic N) is 3. The van der Waals surface area contributed by atoms with Crippen molar-refractivity contribution in [1.82, 2.24) is 14.7 Å². The van der Waals surface area contributed by atoms with E-state index < -0.39 is 0 Å². The molecule has 7 heteroatoms. The van der Waals surface area contributed by atoms with Crippen molar-refractivity contribution in [1.29, 1.82) is 0 Å². The molecule has 3 fully saturated rings. The van der Waals surface area contributed by atoms with Gasteiger partial charge in [-0.25, -0.2) is 0 Å². The van der Waals surface area contributed by atoms with Gasteiger partial charge in [0.15, 0.2) is 0 Å². The van der Waals surface area contributed by atoms with Gasteiger partial charge >= 0.3 is 5.97 Å². The Morgan fingerprint density at radius 2 is 1.41 bits per heavy atom. The van der Waals surface area contributed by atoms with E-state index in [9.17, 15) is 14.4 Å². The third kappa shape index (κ3) is 5.21. The SMILES string of the molecule is CCOC(=O)C1CCN(C(=O)CN2CCC(C(=O)N3CCCC3)CC2)CC1. The average molecular weight is 380 g/mol. The van der Waals surface area contributed by atoms with Gasteiger partial charge < -0.3 is 14.5 Å². The van der Waals surface area contributed by atoms with E-state index in [1.54, 1.807) is 0 Å². The number of carbonyl (C=O) groups excluding carboxylic acids is 3. The van der Waals surface area contributed by atoms with Gasteiger partial charge in [0, 0.05) is 32.1 Å². The summed E-state index contributed by atoms with van der Waals surface area (Å²) in [5.74, 6) is 0.395. The molecule has 3 saturated heterocycles. The molecular formula is C20H33N3O4. The molecule has 0 aromatic heterocycles. The third-order valence-corrected chi connectivity index (χ3v) is 6.18. The fourth-order valence-corrected chi connectivity index (χ4v) is 4.45. The largest absolute Gasteiger partial charge is 0.466 e. The van der Waals surface area contributed by atoms with Gasteiger partial charge in [0.2, 0.25) is 11.8 Å². The van der Waals surface area contributed by atoms with E-state index in [1.165, 1.54) is 0 Å². The minimum absolute atomic E-state index is 0.0682. The minimum atomic E-state index is -0.130. The smallest absolute Gasteiger partial charge is 0.309 e. The topological polar surface area (TPSA) is 70.2 Å². The molecule has 0 N–H and O–H groups in total. The van der Waals surface area contributed by atoms with E-state index in [1.807, 2.05) is 16.7 Å². The normalized spacial score (nSPS) is 22.9. The predicted molar refractivity (Wildman–Crippen MR) is 101 cm³/mol. The Morgan fingerprint density at radius 1 is 0.815 bits per heavy atom. The number of rotatable bonds is 5. The zero-order chi connectivity index (χ0) is 19.2. The van der Waals surface area contributed by atoms with Crippen LogP contribution < -0.4 is 0 Å². The molecule has 3 rings (SSSR count). The maximum absolute atomic E-state index is 12.6. The van der Waals surface area contributed by atoms with Crippen molar-refractivity contribution in [3.63, 3.8) is 0 Å². The molecule has 3 heterocycles. The number of carbonyl (C=O) groups is 3. The highest BCUT2D eigenvalue weighted by atomic mass is 16.5. The number of amides is 2. The molecule has 0 unspecified atom stereocenters. The number of hydrogen-bond donors (Lipinski definition) is 0. The van der Waals surface area contributed by atoms with Crippen LogP contribution >= 0.6 is 0 Å². The summed E-state index contributed by atoms with van der Waals surface area (Å²) < 4.78 is 5.08. The zero-order valence-corrected chi connectivity index (χ0v) is 16.5. The van der Waals surface area contributed by atoms with Crippen LogP contribution in [-0.4, -0.2) is 84.9 Å². The van der Waals surface area contributed by atoms with Gasteiger partial charge in [-0.3, -0.25) is 19.3 Å².